The molecule has 0 unspecified atom stereocenters. The second-order valence-electron chi connectivity index (χ2n) is 4.06. The molecule has 0 heterocycles. The summed E-state index contributed by atoms with van der Waals surface area (Å²) in [4.78, 5) is 8.42. The van der Waals surface area contributed by atoms with Gasteiger partial charge in [0.2, 0.25) is 0 Å². The third-order valence-electron chi connectivity index (χ3n) is 2.73. The molecule has 7 nitrogen and oxygen atoms in total. The van der Waals surface area contributed by atoms with Crippen LogP contribution in [0.25, 0.3) is 0 Å². The van der Waals surface area contributed by atoms with Crippen molar-refractivity contribution in [3.05, 3.63) is 63.7 Å². The molecule has 2 rings (SSSR count). The largest absolute Gasteiger partial charge is 0.293 e. The van der Waals surface area contributed by atoms with Crippen LogP contribution in [0.3, 0.4) is 0 Å². The Morgan fingerprint density at radius 2 is 1.27 bits per heavy atom. The number of nitro benzene ring substituents is 1. The van der Waals surface area contributed by atoms with Gasteiger partial charge < -0.3 is 0 Å². The summed E-state index contributed by atoms with van der Waals surface area (Å²) >= 11 is 5.73. The SMILES string of the molecule is O=[N+]([O-])c1ccccc1S(=O)(=O)S(=O)(=O)c1ccccc1Cl. The number of para-hydroxylation sites is 1. The first-order valence-corrected chi connectivity index (χ1v) is 9.54. The lowest BCUT2D eigenvalue weighted by Gasteiger charge is -2.08. The van der Waals surface area contributed by atoms with Crippen molar-refractivity contribution >= 4 is 35.0 Å². The highest BCUT2D eigenvalue weighted by Crippen LogP contribution is 2.33. The van der Waals surface area contributed by atoms with Crippen LogP contribution in [0.15, 0.2) is 58.3 Å². The van der Waals surface area contributed by atoms with Gasteiger partial charge >= 0.3 is 0 Å². The first kappa shape index (κ1) is 16.4. The molecule has 0 bridgehead atoms. The van der Waals surface area contributed by atoms with E-state index >= 15 is 0 Å². The monoisotopic (exact) mass is 361 g/mol. The van der Waals surface area contributed by atoms with E-state index in [4.69, 9.17) is 11.6 Å². The third kappa shape index (κ3) is 2.58. The van der Waals surface area contributed by atoms with Crippen LogP contribution in [-0.2, 0) is 17.7 Å². The van der Waals surface area contributed by atoms with Gasteiger partial charge in [-0.05, 0) is 18.2 Å². The normalized spacial score (nSPS) is 12.0. The van der Waals surface area contributed by atoms with Gasteiger partial charge in [-0.15, -0.1) is 0 Å². The van der Waals surface area contributed by atoms with Crippen LogP contribution >= 0.6 is 11.6 Å². The zero-order chi connectivity index (χ0) is 16.5. The van der Waals surface area contributed by atoms with Crippen LogP contribution in [-0.4, -0.2) is 21.8 Å². The molecule has 0 N–H and O–H groups in total. The van der Waals surface area contributed by atoms with Crippen LogP contribution in [0.4, 0.5) is 5.69 Å². The minimum atomic E-state index is -5.04. The highest BCUT2D eigenvalue weighted by Gasteiger charge is 2.39. The van der Waals surface area contributed by atoms with Crippen LogP contribution in [0, 0.1) is 10.1 Å². The number of halogens is 1. The van der Waals surface area contributed by atoms with Gasteiger partial charge in [0.05, 0.1) is 9.95 Å². The topological polar surface area (TPSA) is 111 Å². The van der Waals surface area contributed by atoms with E-state index in [1.807, 2.05) is 0 Å². The molecule has 0 aromatic heterocycles. The number of hydrogen-bond acceptors (Lipinski definition) is 6. The number of nitro groups is 1. The zero-order valence-electron chi connectivity index (χ0n) is 10.7. The van der Waals surface area contributed by atoms with E-state index in [1.165, 1.54) is 30.3 Å². The first-order chi connectivity index (χ1) is 10.2. The summed E-state index contributed by atoms with van der Waals surface area (Å²) in [5, 5.41) is 10.6. The van der Waals surface area contributed by atoms with Crippen molar-refractivity contribution in [2.24, 2.45) is 0 Å². The van der Waals surface area contributed by atoms with E-state index in [0.29, 0.717) is 0 Å². The minimum Gasteiger partial charge on any atom is -0.258 e. The quantitative estimate of drug-likeness (QED) is 0.469. The highest BCUT2D eigenvalue weighted by atomic mass is 35.5. The summed E-state index contributed by atoms with van der Waals surface area (Å²) in [5.41, 5.74) is -0.821. The number of nitrogens with zero attached hydrogens (tertiary/aromatic N) is 1. The third-order valence-corrected chi connectivity index (χ3v) is 8.33. The summed E-state index contributed by atoms with van der Waals surface area (Å²) in [6, 6.07) is 9.16. The second kappa shape index (κ2) is 5.67. The van der Waals surface area contributed by atoms with Gasteiger partial charge in [0.15, 0.2) is 4.90 Å². The van der Waals surface area contributed by atoms with Crippen LogP contribution in [0.5, 0.6) is 0 Å². The van der Waals surface area contributed by atoms with E-state index in [2.05, 4.69) is 0 Å². The molecule has 0 saturated heterocycles. The van der Waals surface area contributed by atoms with E-state index < -0.39 is 38.1 Å². The van der Waals surface area contributed by atoms with Crippen molar-refractivity contribution in [1.82, 2.24) is 0 Å². The molecular weight excluding hydrogens is 354 g/mol. The summed E-state index contributed by atoms with van der Waals surface area (Å²) < 4.78 is 49.5. The molecular formula is C12H8ClNO6S2. The molecule has 0 amide bonds. The van der Waals surface area contributed by atoms with Crippen molar-refractivity contribution in [2.45, 2.75) is 9.79 Å². The molecule has 2 aromatic carbocycles. The molecule has 116 valence electrons. The molecule has 0 aliphatic carbocycles. The fourth-order valence-electron chi connectivity index (χ4n) is 1.70. The molecule has 0 spiro atoms. The molecule has 22 heavy (non-hydrogen) atoms. The van der Waals surface area contributed by atoms with Gasteiger partial charge in [0.1, 0.15) is 4.90 Å². The molecule has 0 saturated carbocycles. The maximum Gasteiger partial charge on any atom is 0.293 e. The van der Waals surface area contributed by atoms with Gasteiger partial charge in [-0.2, -0.15) is 0 Å². The van der Waals surface area contributed by atoms with Crippen molar-refractivity contribution in [3.63, 3.8) is 0 Å². The van der Waals surface area contributed by atoms with Crippen molar-refractivity contribution in [1.29, 1.82) is 0 Å². The van der Waals surface area contributed by atoms with E-state index in [0.717, 1.165) is 18.2 Å². The molecule has 0 atom stereocenters. The Morgan fingerprint density at radius 3 is 1.82 bits per heavy atom. The lowest BCUT2D eigenvalue weighted by molar-refractivity contribution is -0.387. The average molecular weight is 362 g/mol. The van der Waals surface area contributed by atoms with Crippen molar-refractivity contribution < 1.29 is 21.8 Å². The van der Waals surface area contributed by atoms with E-state index in [1.54, 1.807) is 0 Å². The van der Waals surface area contributed by atoms with Gasteiger partial charge in [0, 0.05) is 6.07 Å². The molecule has 0 aliphatic heterocycles. The summed E-state index contributed by atoms with van der Waals surface area (Å²) in [6.07, 6.45) is 0. The minimum absolute atomic E-state index is 0.287. The first-order valence-electron chi connectivity index (χ1n) is 5.67. The lowest BCUT2D eigenvalue weighted by Crippen LogP contribution is -2.17. The van der Waals surface area contributed by atoms with E-state index in [-0.39, 0.29) is 5.02 Å². The lowest BCUT2D eigenvalue weighted by atomic mass is 10.3. The predicted molar refractivity (Wildman–Crippen MR) is 78.9 cm³/mol. The van der Waals surface area contributed by atoms with Gasteiger partial charge in [0.25, 0.3) is 23.4 Å². The van der Waals surface area contributed by atoms with Crippen LogP contribution < -0.4 is 0 Å². The average Bonchev–Trinajstić information content (AvgIpc) is 2.47. The predicted octanol–water partition coefficient (Wildman–Crippen LogP) is 2.41. The van der Waals surface area contributed by atoms with Crippen LogP contribution in [0.2, 0.25) is 5.02 Å². The zero-order valence-corrected chi connectivity index (χ0v) is 13.1. The number of hydrogen-bond donors (Lipinski definition) is 0. The number of rotatable bonds is 4. The Labute approximate surface area is 130 Å². The van der Waals surface area contributed by atoms with Crippen molar-refractivity contribution in [3.8, 4) is 0 Å². The summed E-state index contributed by atoms with van der Waals surface area (Å²) in [7, 11) is -9.99. The fraction of sp³-hybridized carbons (Fsp3) is 0. The highest BCUT2D eigenvalue weighted by molar-refractivity contribution is 8.67. The van der Waals surface area contributed by atoms with Gasteiger partial charge in [-0.25, -0.2) is 16.8 Å². The Bertz CT molecular complexity index is 953. The Morgan fingerprint density at radius 1 is 0.818 bits per heavy atom. The van der Waals surface area contributed by atoms with E-state index in [9.17, 15) is 26.9 Å². The maximum atomic E-state index is 12.4. The summed E-state index contributed by atoms with van der Waals surface area (Å²) in [6.45, 7) is 0. The van der Waals surface area contributed by atoms with Gasteiger partial charge in [-0.1, -0.05) is 35.9 Å². The fourth-order valence-corrected chi connectivity index (χ4v) is 6.23. The Balaban J connectivity index is 2.77. The standard InChI is InChI=1S/C12H8ClNO6S2/c13-9-5-1-3-7-11(9)21(17,18)22(19,20)12-8-4-2-6-10(12)14(15)16/h1-8H. The molecule has 0 fully saturated rings. The molecule has 2 aromatic rings. The van der Waals surface area contributed by atoms with Crippen molar-refractivity contribution in [2.75, 3.05) is 0 Å². The smallest absolute Gasteiger partial charge is 0.258 e. The summed E-state index contributed by atoms with van der Waals surface area (Å²) in [5.74, 6) is 0. The molecule has 0 aliphatic rings. The maximum absolute atomic E-state index is 12.4. The Hall–Kier alpha value is -1.97. The second-order valence-corrected chi connectivity index (χ2v) is 9.80. The Kier molecular flexibility index (Phi) is 4.23. The molecule has 0 radical (unpaired) electrons. The van der Waals surface area contributed by atoms with Gasteiger partial charge in [-0.3, -0.25) is 10.1 Å². The van der Waals surface area contributed by atoms with Crippen LogP contribution in [0.1, 0.15) is 0 Å². The number of benzene rings is 2. The molecule has 10 heteroatoms.